The number of nitrogens with zero attached hydrogens (tertiary/aromatic N) is 5. The van der Waals surface area contributed by atoms with Gasteiger partial charge in [-0.1, -0.05) is 13.8 Å². The fourth-order valence-electron chi connectivity index (χ4n) is 3.59. The van der Waals surface area contributed by atoms with E-state index in [1.54, 1.807) is 0 Å². The molecule has 0 spiro atoms. The highest BCUT2D eigenvalue weighted by Crippen LogP contribution is 2.19. The van der Waals surface area contributed by atoms with Crippen molar-refractivity contribution in [3.05, 3.63) is 17.5 Å². The van der Waals surface area contributed by atoms with Crippen LogP contribution in [0.3, 0.4) is 0 Å². The second kappa shape index (κ2) is 6.61. The molecule has 128 valence electrons. The molecule has 2 aliphatic heterocycles. The van der Waals surface area contributed by atoms with Crippen LogP contribution in [0.5, 0.6) is 0 Å². The Morgan fingerprint density at radius 3 is 2.70 bits per heavy atom. The summed E-state index contributed by atoms with van der Waals surface area (Å²) in [5.41, 5.74) is 1.75. The van der Waals surface area contributed by atoms with Crippen molar-refractivity contribution in [1.82, 2.24) is 24.5 Å². The van der Waals surface area contributed by atoms with Crippen LogP contribution in [-0.4, -0.2) is 82.7 Å². The molecule has 1 aromatic heterocycles. The molecule has 2 saturated heterocycles. The molecule has 0 N–H and O–H groups in total. The van der Waals surface area contributed by atoms with E-state index in [1.807, 2.05) is 22.6 Å². The van der Waals surface area contributed by atoms with Gasteiger partial charge in [-0.05, 0) is 26.0 Å². The first kappa shape index (κ1) is 16.5. The maximum atomic E-state index is 13.0. The Labute approximate surface area is 139 Å². The summed E-state index contributed by atoms with van der Waals surface area (Å²) in [5.74, 6) is 0.484. The van der Waals surface area contributed by atoms with Gasteiger partial charge in [0.1, 0.15) is 5.69 Å². The molecule has 0 saturated carbocycles. The second-order valence-corrected chi connectivity index (χ2v) is 7.13. The van der Waals surface area contributed by atoms with Crippen molar-refractivity contribution in [1.29, 1.82) is 0 Å². The van der Waals surface area contributed by atoms with Gasteiger partial charge in [0.2, 0.25) is 0 Å². The molecule has 2 fully saturated rings. The molecule has 3 rings (SSSR count). The fourth-order valence-corrected chi connectivity index (χ4v) is 3.59. The molecule has 23 heavy (non-hydrogen) atoms. The molecule has 1 atom stereocenters. The molecule has 1 amide bonds. The average molecular weight is 319 g/mol. The Hall–Kier alpha value is -1.40. The highest BCUT2D eigenvalue weighted by Gasteiger charge is 2.34. The molecule has 0 bridgehead atoms. The molecule has 0 radical (unpaired) electrons. The van der Waals surface area contributed by atoms with Gasteiger partial charge in [0, 0.05) is 51.9 Å². The number of hydrogen-bond acceptors (Lipinski definition) is 4. The lowest BCUT2D eigenvalue weighted by Gasteiger charge is -2.46. The number of carbonyl (C=O) groups excluding carboxylic acids is 1. The molecule has 6 nitrogen and oxygen atoms in total. The zero-order valence-corrected chi connectivity index (χ0v) is 14.8. The predicted octanol–water partition coefficient (Wildman–Crippen LogP) is 1.10. The third kappa shape index (κ3) is 3.28. The van der Waals surface area contributed by atoms with Crippen molar-refractivity contribution >= 4 is 5.91 Å². The number of likely N-dealkylation sites (N-methyl/N-ethyl adjacent to an activating group) is 1. The normalized spacial score (nSPS) is 23.3. The van der Waals surface area contributed by atoms with Crippen LogP contribution in [-0.2, 0) is 6.54 Å². The molecular formula is C17H29N5O. The van der Waals surface area contributed by atoms with E-state index in [4.69, 9.17) is 0 Å². The summed E-state index contributed by atoms with van der Waals surface area (Å²) in [6.45, 7) is 13.0. The monoisotopic (exact) mass is 319 g/mol. The highest BCUT2D eigenvalue weighted by molar-refractivity contribution is 5.93. The van der Waals surface area contributed by atoms with Gasteiger partial charge in [0.25, 0.3) is 5.91 Å². The Balaban J connectivity index is 1.75. The van der Waals surface area contributed by atoms with E-state index in [1.165, 1.54) is 0 Å². The van der Waals surface area contributed by atoms with Crippen LogP contribution >= 0.6 is 0 Å². The second-order valence-electron chi connectivity index (χ2n) is 7.13. The quantitative estimate of drug-likeness (QED) is 0.837. The molecule has 0 aromatic carbocycles. The Bertz CT molecular complexity index is 567. The van der Waals surface area contributed by atoms with Gasteiger partial charge in [-0.2, -0.15) is 5.10 Å². The fraction of sp³-hybridized carbons (Fsp3) is 0.765. The molecule has 1 aromatic rings. The Morgan fingerprint density at radius 2 is 2.00 bits per heavy atom. The minimum absolute atomic E-state index is 0.138. The summed E-state index contributed by atoms with van der Waals surface area (Å²) in [7, 11) is 2.17. The summed E-state index contributed by atoms with van der Waals surface area (Å²) >= 11 is 0. The summed E-state index contributed by atoms with van der Waals surface area (Å²) in [6, 6.07) is 2.45. The first-order valence-corrected chi connectivity index (χ1v) is 8.79. The van der Waals surface area contributed by atoms with Gasteiger partial charge in [-0.15, -0.1) is 0 Å². The van der Waals surface area contributed by atoms with Crippen molar-refractivity contribution in [2.75, 3.05) is 46.3 Å². The number of hydrogen-bond donors (Lipinski definition) is 0. The van der Waals surface area contributed by atoms with Crippen LogP contribution in [0.2, 0.25) is 0 Å². The van der Waals surface area contributed by atoms with E-state index in [0.29, 0.717) is 12.0 Å². The number of rotatable bonds is 3. The molecule has 2 aliphatic rings. The van der Waals surface area contributed by atoms with Crippen molar-refractivity contribution < 1.29 is 4.79 Å². The van der Waals surface area contributed by atoms with Crippen molar-refractivity contribution in [2.45, 2.75) is 39.3 Å². The minimum atomic E-state index is 0.138. The van der Waals surface area contributed by atoms with E-state index in [-0.39, 0.29) is 5.91 Å². The number of piperazine rings is 2. The lowest BCUT2D eigenvalue weighted by Crippen LogP contribution is -2.62. The number of carbonyl (C=O) groups is 1. The smallest absolute Gasteiger partial charge is 0.272 e. The maximum Gasteiger partial charge on any atom is 0.272 e. The van der Waals surface area contributed by atoms with Crippen LogP contribution in [0.4, 0.5) is 0 Å². The number of aryl methyl sites for hydroxylation is 1. The highest BCUT2D eigenvalue weighted by atomic mass is 16.2. The molecule has 6 heteroatoms. The van der Waals surface area contributed by atoms with Gasteiger partial charge in [-0.3, -0.25) is 14.4 Å². The van der Waals surface area contributed by atoms with Gasteiger partial charge >= 0.3 is 0 Å². The SMILES string of the molecule is CCn1nc(C(C)C)cc1C(=O)N1CCN2CCN(C)C[C@H]2C1. The van der Waals surface area contributed by atoms with E-state index in [9.17, 15) is 4.79 Å². The van der Waals surface area contributed by atoms with Gasteiger partial charge in [0.05, 0.1) is 5.69 Å². The largest absolute Gasteiger partial charge is 0.334 e. The van der Waals surface area contributed by atoms with Crippen LogP contribution in [0.1, 0.15) is 42.9 Å². The van der Waals surface area contributed by atoms with Gasteiger partial charge < -0.3 is 9.80 Å². The van der Waals surface area contributed by atoms with Crippen molar-refractivity contribution in [3.63, 3.8) is 0 Å². The summed E-state index contributed by atoms with van der Waals surface area (Å²) in [6.07, 6.45) is 0. The van der Waals surface area contributed by atoms with E-state index in [2.05, 4.69) is 35.8 Å². The minimum Gasteiger partial charge on any atom is -0.334 e. The Kier molecular flexibility index (Phi) is 4.73. The predicted molar refractivity (Wildman–Crippen MR) is 90.8 cm³/mol. The zero-order chi connectivity index (χ0) is 16.6. The maximum absolute atomic E-state index is 13.0. The first-order valence-electron chi connectivity index (χ1n) is 8.79. The molecule has 0 unspecified atom stereocenters. The van der Waals surface area contributed by atoms with Gasteiger partial charge in [-0.25, -0.2) is 0 Å². The van der Waals surface area contributed by atoms with Gasteiger partial charge in [0.15, 0.2) is 0 Å². The van der Waals surface area contributed by atoms with Crippen LogP contribution in [0.15, 0.2) is 6.07 Å². The molecule has 3 heterocycles. The molecule has 0 aliphatic carbocycles. The van der Waals surface area contributed by atoms with Crippen LogP contribution in [0, 0.1) is 0 Å². The lowest BCUT2D eigenvalue weighted by molar-refractivity contribution is 0.0184. The van der Waals surface area contributed by atoms with E-state index in [0.717, 1.165) is 57.2 Å². The van der Waals surface area contributed by atoms with Crippen LogP contribution < -0.4 is 0 Å². The lowest BCUT2D eigenvalue weighted by atomic mass is 10.1. The number of fused-ring (bicyclic) bond motifs is 1. The summed E-state index contributed by atoms with van der Waals surface area (Å²) < 4.78 is 1.86. The van der Waals surface area contributed by atoms with E-state index >= 15 is 0 Å². The number of amides is 1. The topological polar surface area (TPSA) is 44.6 Å². The zero-order valence-electron chi connectivity index (χ0n) is 14.8. The first-order chi connectivity index (χ1) is 11.0. The average Bonchev–Trinajstić information content (AvgIpc) is 2.98. The summed E-state index contributed by atoms with van der Waals surface area (Å²) in [4.78, 5) is 19.9. The molecular weight excluding hydrogens is 290 g/mol. The van der Waals surface area contributed by atoms with Crippen molar-refractivity contribution in [2.24, 2.45) is 0 Å². The Morgan fingerprint density at radius 1 is 1.26 bits per heavy atom. The number of aromatic nitrogens is 2. The summed E-state index contributed by atoms with van der Waals surface area (Å²) in [5, 5.41) is 4.59. The van der Waals surface area contributed by atoms with E-state index < -0.39 is 0 Å². The van der Waals surface area contributed by atoms with Crippen LogP contribution in [0.25, 0.3) is 0 Å². The van der Waals surface area contributed by atoms with Crippen molar-refractivity contribution in [3.8, 4) is 0 Å². The third-order valence-electron chi connectivity index (χ3n) is 5.09. The third-order valence-corrected chi connectivity index (χ3v) is 5.09. The standard InChI is InChI=1S/C17H29N5O/c1-5-22-16(10-15(18-22)13(2)3)17(23)21-9-8-20-7-6-19(4)11-14(20)12-21/h10,13-14H,5-9,11-12H2,1-4H3/t14-/m0/s1.